The molecule has 33 heavy (non-hydrogen) atoms. The van der Waals surface area contributed by atoms with Gasteiger partial charge in [-0.05, 0) is 61.0 Å². The number of benzene rings is 3. The van der Waals surface area contributed by atoms with Gasteiger partial charge in [0, 0.05) is 29.9 Å². The van der Waals surface area contributed by atoms with Crippen molar-refractivity contribution < 1.29 is 19.1 Å². The second-order valence-electron chi connectivity index (χ2n) is 7.46. The quantitative estimate of drug-likeness (QED) is 0.491. The van der Waals surface area contributed by atoms with Crippen molar-refractivity contribution in [2.45, 2.75) is 13.0 Å². The SMILES string of the molecule is COc1ccc(C(=O)Nc2ccc(CN(CCCN)C(=O)c3ccccc3)cc2)cc1OC. The molecule has 7 heteroatoms. The molecule has 0 heterocycles. The van der Waals surface area contributed by atoms with Crippen LogP contribution < -0.4 is 20.5 Å². The molecule has 3 aromatic rings. The summed E-state index contributed by atoms with van der Waals surface area (Å²) in [5.41, 5.74) is 8.38. The van der Waals surface area contributed by atoms with Crippen LogP contribution in [0.3, 0.4) is 0 Å². The number of nitrogens with two attached hydrogens (primary N) is 1. The molecule has 0 aliphatic heterocycles. The maximum absolute atomic E-state index is 12.9. The van der Waals surface area contributed by atoms with E-state index in [0.29, 0.717) is 47.9 Å². The number of hydrogen-bond donors (Lipinski definition) is 2. The molecule has 0 atom stereocenters. The van der Waals surface area contributed by atoms with Crippen LogP contribution in [0.2, 0.25) is 0 Å². The van der Waals surface area contributed by atoms with Gasteiger partial charge < -0.3 is 25.4 Å². The van der Waals surface area contributed by atoms with E-state index in [1.165, 1.54) is 7.11 Å². The third-order valence-corrected chi connectivity index (χ3v) is 5.17. The standard InChI is InChI=1S/C26H29N3O4/c1-32-23-14-11-21(17-24(23)33-2)25(30)28-22-12-9-19(10-13-22)18-29(16-6-15-27)26(31)20-7-4-3-5-8-20/h3-5,7-14,17H,6,15-16,18,27H2,1-2H3,(H,28,30). The minimum atomic E-state index is -0.257. The molecule has 0 aromatic heterocycles. The van der Waals surface area contributed by atoms with Crippen LogP contribution in [0.1, 0.15) is 32.7 Å². The zero-order chi connectivity index (χ0) is 23.6. The molecule has 0 unspecified atom stereocenters. The second-order valence-corrected chi connectivity index (χ2v) is 7.46. The van der Waals surface area contributed by atoms with Crippen molar-refractivity contribution in [3.8, 4) is 11.5 Å². The number of carbonyl (C=O) groups is 2. The minimum Gasteiger partial charge on any atom is -0.493 e. The van der Waals surface area contributed by atoms with Crippen molar-refractivity contribution in [2.75, 3.05) is 32.6 Å². The molecule has 0 saturated carbocycles. The van der Waals surface area contributed by atoms with Gasteiger partial charge in [0.25, 0.3) is 11.8 Å². The van der Waals surface area contributed by atoms with Gasteiger partial charge in [-0.2, -0.15) is 0 Å². The summed E-state index contributed by atoms with van der Waals surface area (Å²) in [5, 5.41) is 2.88. The topological polar surface area (TPSA) is 93.9 Å². The first-order valence-corrected chi connectivity index (χ1v) is 10.7. The fourth-order valence-electron chi connectivity index (χ4n) is 3.39. The molecular weight excluding hydrogens is 418 g/mol. The van der Waals surface area contributed by atoms with E-state index in [-0.39, 0.29) is 11.8 Å². The molecule has 7 nitrogen and oxygen atoms in total. The molecular formula is C26H29N3O4. The first kappa shape index (κ1) is 23.8. The lowest BCUT2D eigenvalue weighted by molar-refractivity contribution is 0.0742. The van der Waals surface area contributed by atoms with Gasteiger partial charge in [0.15, 0.2) is 11.5 Å². The van der Waals surface area contributed by atoms with Crippen molar-refractivity contribution >= 4 is 17.5 Å². The Labute approximate surface area is 194 Å². The van der Waals surface area contributed by atoms with Gasteiger partial charge in [-0.1, -0.05) is 30.3 Å². The number of nitrogens with zero attached hydrogens (tertiary/aromatic N) is 1. The van der Waals surface area contributed by atoms with Crippen molar-refractivity contribution in [1.29, 1.82) is 0 Å². The van der Waals surface area contributed by atoms with E-state index in [1.807, 2.05) is 54.6 Å². The Hall–Kier alpha value is -3.84. The van der Waals surface area contributed by atoms with Crippen LogP contribution in [-0.2, 0) is 6.54 Å². The smallest absolute Gasteiger partial charge is 0.255 e. The number of nitrogens with one attached hydrogen (secondary N) is 1. The summed E-state index contributed by atoms with van der Waals surface area (Å²) in [6.07, 6.45) is 0.720. The van der Waals surface area contributed by atoms with Crippen LogP contribution in [0.4, 0.5) is 5.69 Å². The number of amides is 2. The molecule has 0 aliphatic rings. The first-order valence-electron chi connectivity index (χ1n) is 10.7. The molecule has 0 saturated heterocycles. The monoisotopic (exact) mass is 447 g/mol. The molecule has 0 fully saturated rings. The highest BCUT2D eigenvalue weighted by molar-refractivity contribution is 6.04. The first-order chi connectivity index (χ1) is 16.0. The Morgan fingerprint density at radius 3 is 2.21 bits per heavy atom. The molecule has 172 valence electrons. The van der Waals surface area contributed by atoms with Gasteiger partial charge in [0.2, 0.25) is 0 Å². The average molecular weight is 448 g/mol. The van der Waals surface area contributed by atoms with Crippen molar-refractivity contribution in [3.05, 3.63) is 89.5 Å². The van der Waals surface area contributed by atoms with Gasteiger partial charge in [-0.25, -0.2) is 0 Å². The summed E-state index contributed by atoms with van der Waals surface area (Å²) >= 11 is 0. The Morgan fingerprint density at radius 2 is 1.58 bits per heavy atom. The van der Waals surface area contributed by atoms with Crippen molar-refractivity contribution in [3.63, 3.8) is 0 Å². The predicted molar refractivity (Wildman–Crippen MR) is 129 cm³/mol. The summed E-state index contributed by atoms with van der Waals surface area (Å²) in [5.74, 6) is 0.756. The molecule has 0 spiro atoms. The number of methoxy groups -OCH3 is 2. The van der Waals surface area contributed by atoms with Crippen molar-refractivity contribution in [2.24, 2.45) is 5.73 Å². The average Bonchev–Trinajstić information content (AvgIpc) is 2.87. The second kappa shape index (κ2) is 11.7. The summed E-state index contributed by atoms with van der Waals surface area (Å²) in [6.45, 7) is 1.54. The third-order valence-electron chi connectivity index (χ3n) is 5.17. The molecule has 0 aliphatic carbocycles. The van der Waals surface area contributed by atoms with E-state index in [4.69, 9.17) is 15.2 Å². The number of anilines is 1. The van der Waals surface area contributed by atoms with E-state index >= 15 is 0 Å². The van der Waals surface area contributed by atoms with Crippen LogP contribution in [0.5, 0.6) is 11.5 Å². The molecule has 2 amide bonds. The Morgan fingerprint density at radius 1 is 0.879 bits per heavy atom. The largest absolute Gasteiger partial charge is 0.493 e. The highest BCUT2D eigenvalue weighted by Gasteiger charge is 2.16. The number of ether oxygens (including phenoxy) is 2. The minimum absolute atomic E-state index is 0.0325. The Balaban J connectivity index is 1.68. The van der Waals surface area contributed by atoms with Gasteiger partial charge in [-0.3, -0.25) is 9.59 Å². The fourth-order valence-corrected chi connectivity index (χ4v) is 3.39. The number of rotatable bonds is 10. The summed E-state index contributed by atoms with van der Waals surface area (Å²) in [4.78, 5) is 27.4. The highest BCUT2D eigenvalue weighted by atomic mass is 16.5. The lowest BCUT2D eigenvalue weighted by Gasteiger charge is -2.23. The number of carbonyl (C=O) groups excluding carboxylic acids is 2. The maximum Gasteiger partial charge on any atom is 0.255 e. The summed E-state index contributed by atoms with van der Waals surface area (Å²) in [6, 6.07) is 21.7. The fraction of sp³-hybridized carbons (Fsp3) is 0.231. The maximum atomic E-state index is 12.9. The van der Waals surface area contributed by atoms with E-state index in [1.54, 1.807) is 30.2 Å². The van der Waals surface area contributed by atoms with Gasteiger partial charge in [0.1, 0.15) is 0 Å². The van der Waals surface area contributed by atoms with Crippen LogP contribution >= 0.6 is 0 Å². The van der Waals surface area contributed by atoms with Gasteiger partial charge in [0.05, 0.1) is 14.2 Å². The molecule has 3 aromatic carbocycles. The van der Waals surface area contributed by atoms with E-state index in [9.17, 15) is 9.59 Å². The highest BCUT2D eigenvalue weighted by Crippen LogP contribution is 2.28. The number of hydrogen-bond acceptors (Lipinski definition) is 5. The molecule has 0 bridgehead atoms. The van der Waals surface area contributed by atoms with Crippen LogP contribution in [0.15, 0.2) is 72.8 Å². The van der Waals surface area contributed by atoms with Crippen LogP contribution in [-0.4, -0.2) is 44.0 Å². The Kier molecular flexibility index (Phi) is 8.43. The lowest BCUT2D eigenvalue weighted by Crippen LogP contribution is -2.32. The van der Waals surface area contributed by atoms with E-state index < -0.39 is 0 Å². The van der Waals surface area contributed by atoms with Gasteiger partial charge in [-0.15, -0.1) is 0 Å². The van der Waals surface area contributed by atoms with E-state index in [0.717, 1.165) is 12.0 Å². The van der Waals surface area contributed by atoms with Crippen LogP contribution in [0, 0.1) is 0 Å². The zero-order valence-electron chi connectivity index (χ0n) is 18.9. The predicted octanol–water partition coefficient (Wildman–Crippen LogP) is 3.95. The van der Waals surface area contributed by atoms with Crippen molar-refractivity contribution in [1.82, 2.24) is 4.90 Å². The molecule has 0 radical (unpaired) electrons. The molecule has 3 N–H and O–H groups in total. The van der Waals surface area contributed by atoms with Crippen LogP contribution in [0.25, 0.3) is 0 Å². The summed E-state index contributed by atoms with van der Waals surface area (Å²) in [7, 11) is 3.07. The van der Waals surface area contributed by atoms with E-state index in [2.05, 4.69) is 5.32 Å². The normalized spacial score (nSPS) is 10.4. The van der Waals surface area contributed by atoms with Gasteiger partial charge >= 0.3 is 0 Å². The third kappa shape index (κ3) is 6.33. The lowest BCUT2D eigenvalue weighted by atomic mass is 10.1. The molecule has 3 rings (SSSR count). The zero-order valence-corrected chi connectivity index (χ0v) is 18.9. The summed E-state index contributed by atoms with van der Waals surface area (Å²) < 4.78 is 10.5. The Bertz CT molecular complexity index is 1070.